The third kappa shape index (κ3) is 4.39. The van der Waals surface area contributed by atoms with Crippen molar-refractivity contribution in [1.29, 1.82) is 0 Å². The van der Waals surface area contributed by atoms with Gasteiger partial charge in [0.2, 0.25) is 0 Å². The first-order valence-corrected chi connectivity index (χ1v) is 8.96. The van der Waals surface area contributed by atoms with Gasteiger partial charge in [-0.3, -0.25) is 4.57 Å². The molecule has 0 amide bonds. The van der Waals surface area contributed by atoms with Crippen molar-refractivity contribution in [2.75, 3.05) is 0 Å². The third-order valence-electron chi connectivity index (χ3n) is 3.81. The van der Waals surface area contributed by atoms with E-state index in [0.717, 1.165) is 17.8 Å². The Morgan fingerprint density at radius 2 is 1.74 bits per heavy atom. The molecule has 27 heavy (non-hydrogen) atoms. The Bertz CT molecular complexity index is 933. The number of halogens is 4. The topological polar surface area (TPSA) is 30.7 Å². The summed E-state index contributed by atoms with van der Waals surface area (Å²) in [6.07, 6.45) is -2.77. The monoisotopic (exact) mass is 393 g/mol. The number of hydrogen-bond donors (Lipinski definition) is 0. The Labute approximate surface area is 157 Å². The molecule has 0 aliphatic heterocycles. The summed E-state index contributed by atoms with van der Waals surface area (Å²) in [5.41, 5.74) is 0.172. The molecule has 0 unspecified atom stereocenters. The third-order valence-corrected chi connectivity index (χ3v) is 4.83. The zero-order valence-electron chi connectivity index (χ0n) is 14.1. The number of hydrogen-bond acceptors (Lipinski definition) is 3. The lowest BCUT2D eigenvalue weighted by Crippen LogP contribution is -2.08. The van der Waals surface area contributed by atoms with Crippen molar-refractivity contribution >= 4 is 11.8 Å². The van der Waals surface area contributed by atoms with E-state index in [2.05, 4.69) is 16.8 Å². The van der Waals surface area contributed by atoms with Gasteiger partial charge >= 0.3 is 6.18 Å². The van der Waals surface area contributed by atoms with E-state index < -0.39 is 11.7 Å². The average Bonchev–Trinajstić information content (AvgIpc) is 3.03. The molecule has 8 heteroatoms. The molecule has 0 aliphatic rings. The molecule has 3 rings (SSSR count). The smallest absolute Gasteiger partial charge is 0.298 e. The van der Waals surface area contributed by atoms with E-state index in [1.54, 1.807) is 28.8 Å². The second kappa shape index (κ2) is 7.96. The van der Waals surface area contributed by atoms with E-state index in [4.69, 9.17) is 0 Å². The van der Waals surface area contributed by atoms with Gasteiger partial charge in [-0.2, -0.15) is 13.2 Å². The molecular formula is C19H15F4N3S. The van der Waals surface area contributed by atoms with Crippen LogP contribution in [0.15, 0.2) is 66.3 Å². The fourth-order valence-corrected chi connectivity index (χ4v) is 3.52. The highest BCUT2D eigenvalue weighted by molar-refractivity contribution is 7.98. The molecule has 140 valence electrons. The largest absolute Gasteiger partial charge is 0.416 e. The second-order valence-corrected chi connectivity index (χ2v) is 6.60. The van der Waals surface area contributed by atoms with E-state index in [1.165, 1.54) is 24.3 Å². The van der Waals surface area contributed by atoms with Crippen LogP contribution in [0, 0.1) is 5.82 Å². The predicted octanol–water partition coefficient (Wildman–Crippen LogP) is 5.58. The van der Waals surface area contributed by atoms with Crippen LogP contribution < -0.4 is 0 Å². The Hall–Kier alpha value is -2.61. The highest BCUT2D eigenvalue weighted by atomic mass is 32.2. The molecule has 0 aliphatic carbocycles. The van der Waals surface area contributed by atoms with Crippen LogP contribution in [0.1, 0.15) is 11.1 Å². The molecule has 0 atom stereocenters. The van der Waals surface area contributed by atoms with Gasteiger partial charge in [0.15, 0.2) is 11.0 Å². The summed E-state index contributed by atoms with van der Waals surface area (Å²) in [5, 5.41) is 8.68. The maximum Gasteiger partial charge on any atom is 0.416 e. The van der Waals surface area contributed by atoms with E-state index in [-0.39, 0.29) is 17.1 Å². The Morgan fingerprint density at radius 3 is 2.41 bits per heavy atom. The van der Waals surface area contributed by atoms with Gasteiger partial charge in [0.05, 0.1) is 5.56 Å². The summed E-state index contributed by atoms with van der Waals surface area (Å²) in [7, 11) is 0. The maximum atomic E-state index is 13.1. The fraction of sp³-hybridized carbons (Fsp3) is 0.158. The molecule has 2 aromatic carbocycles. The van der Waals surface area contributed by atoms with Gasteiger partial charge in [0, 0.05) is 17.9 Å². The van der Waals surface area contributed by atoms with Crippen molar-refractivity contribution in [3.8, 4) is 11.4 Å². The minimum atomic E-state index is -4.41. The van der Waals surface area contributed by atoms with Crippen LogP contribution in [-0.2, 0) is 18.5 Å². The van der Waals surface area contributed by atoms with Gasteiger partial charge in [-0.05, 0) is 35.9 Å². The number of nitrogens with zero attached hydrogens (tertiary/aromatic N) is 3. The number of allylic oxidation sites excluding steroid dienone is 1. The van der Waals surface area contributed by atoms with Crippen molar-refractivity contribution < 1.29 is 17.6 Å². The fourth-order valence-electron chi connectivity index (χ4n) is 2.57. The number of thioether (sulfide) groups is 1. The molecule has 0 saturated carbocycles. The lowest BCUT2D eigenvalue weighted by atomic mass is 10.1. The normalized spacial score (nSPS) is 11.6. The quantitative estimate of drug-likeness (QED) is 0.311. The molecule has 0 spiro atoms. The van der Waals surface area contributed by atoms with Crippen molar-refractivity contribution in [3.05, 3.63) is 78.1 Å². The van der Waals surface area contributed by atoms with Crippen LogP contribution in [0.2, 0.25) is 0 Å². The predicted molar refractivity (Wildman–Crippen MR) is 96.6 cm³/mol. The zero-order valence-corrected chi connectivity index (χ0v) is 14.9. The number of benzene rings is 2. The summed E-state index contributed by atoms with van der Waals surface area (Å²) >= 11 is 1.16. The highest BCUT2D eigenvalue weighted by Gasteiger charge is 2.32. The highest BCUT2D eigenvalue weighted by Crippen LogP contribution is 2.35. The van der Waals surface area contributed by atoms with Crippen molar-refractivity contribution in [3.63, 3.8) is 0 Å². The van der Waals surface area contributed by atoms with Crippen LogP contribution in [-0.4, -0.2) is 14.8 Å². The van der Waals surface area contributed by atoms with Crippen molar-refractivity contribution in [2.45, 2.75) is 23.6 Å². The van der Waals surface area contributed by atoms with Crippen molar-refractivity contribution in [2.24, 2.45) is 0 Å². The molecule has 0 radical (unpaired) electrons. The summed E-state index contributed by atoms with van der Waals surface area (Å²) in [5.74, 6) is 0.224. The molecule has 0 fully saturated rings. The molecule has 0 N–H and O–H groups in total. The van der Waals surface area contributed by atoms with Crippen LogP contribution in [0.3, 0.4) is 0 Å². The molecule has 3 aromatic rings. The second-order valence-electron chi connectivity index (χ2n) is 5.66. The van der Waals surface area contributed by atoms with E-state index in [9.17, 15) is 17.6 Å². The van der Waals surface area contributed by atoms with E-state index in [0.29, 0.717) is 23.1 Å². The van der Waals surface area contributed by atoms with E-state index >= 15 is 0 Å². The Kier molecular flexibility index (Phi) is 5.65. The first kappa shape index (κ1) is 19.2. The molecule has 0 saturated heterocycles. The SMILES string of the molecule is C=CCn1c(SCc2ccccc2C(F)(F)F)nnc1-c1ccc(F)cc1. The van der Waals surface area contributed by atoms with Gasteiger partial charge in [0.25, 0.3) is 0 Å². The molecular weight excluding hydrogens is 378 g/mol. The Morgan fingerprint density at radius 1 is 1.04 bits per heavy atom. The summed E-state index contributed by atoms with van der Waals surface area (Å²) in [6, 6.07) is 11.2. The molecule has 1 heterocycles. The van der Waals surface area contributed by atoms with E-state index in [1.807, 2.05) is 0 Å². The summed E-state index contributed by atoms with van der Waals surface area (Å²) in [4.78, 5) is 0. The van der Waals surface area contributed by atoms with Gasteiger partial charge in [-0.15, -0.1) is 16.8 Å². The van der Waals surface area contributed by atoms with Crippen LogP contribution in [0.5, 0.6) is 0 Å². The van der Waals surface area contributed by atoms with Gasteiger partial charge in [-0.1, -0.05) is 36.0 Å². The van der Waals surface area contributed by atoms with Crippen LogP contribution in [0.25, 0.3) is 11.4 Å². The van der Waals surface area contributed by atoms with Gasteiger partial charge < -0.3 is 0 Å². The standard InChI is InChI=1S/C19H15F4N3S/c1-2-11-26-17(13-7-9-15(20)10-8-13)24-25-18(26)27-12-14-5-3-4-6-16(14)19(21,22)23/h2-10H,1,11-12H2. The average molecular weight is 393 g/mol. The Balaban J connectivity index is 1.88. The lowest BCUT2D eigenvalue weighted by Gasteiger charge is -2.12. The minimum Gasteiger partial charge on any atom is -0.298 e. The zero-order chi connectivity index (χ0) is 19.4. The number of alkyl halides is 3. The van der Waals surface area contributed by atoms with Gasteiger partial charge in [0.1, 0.15) is 5.82 Å². The first-order chi connectivity index (χ1) is 12.9. The van der Waals surface area contributed by atoms with Gasteiger partial charge in [-0.25, -0.2) is 4.39 Å². The van der Waals surface area contributed by atoms with Crippen LogP contribution >= 0.6 is 11.8 Å². The minimum absolute atomic E-state index is 0.0916. The summed E-state index contributed by atoms with van der Waals surface area (Å²) < 4.78 is 54.3. The molecule has 3 nitrogen and oxygen atoms in total. The number of aromatic nitrogens is 3. The van der Waals surface area contributed by atoms with Crippen LogP contribution in [0.4, 0.5) is 17.6 Å². The van der Waals surface area contributed by atoms with Crippen molar-refractivity contribution in [1.82, 2.24) is 14.8 Å². The lowest BCUT2D eigenvalue weighted by molar-refractivity contribution is -0.138. The number of rotatable bonds is 6. The first-order valence-electron chi connectivity index (χ1n) is 7.98. The molecule has 1 aromatic heterocycles. The summed E-state index contributed by atoms with van der Waals surface area (Å²) in [6.45, 7) is 4.07. The molecule has 0 bridgehead atoms. The maximum absolute atomic E-state index is 13.1.